The molecule has 0 aliphatic carbocycles. The summed E-state index contributed by atoms with van der Waals surface area (Å²) >= 11 is 0. The van der Waals surface area contributed by atoms with Crippen molar-refractivity contribution in [2.24, 2.45) is 0 Å². The summed E-state index contributed by atoms with van der Waals surface area (Å²) in [7, 11) is 0. The number of carbonyl (C=O) groups excluding carboxylic acids is 3. The molecule has 0 aromatic heterocycles. The minimum atomic E-state index is -4.76. The van der Waals surface area contributed by atoms with Crippen LogP contribution in [0.3, 0.4) is 0 Å². The summed E-state index contributed by atoms with van der Waals surface area (Å²) in [6, 6.07) is 0. The van der Waals surface area contributed by atoms with E-state index in [1.165, 1.54) is 0 Å². The molecule has 0 aliphatic rings. The van der Waals surface area contributed by atoms with Gasteiger partial charge in [0.05, 0.1) is 0 Å². The van der Waals surface area contributed by atoms with Crippen molar-refractivity contribution in [1.82, 2.24) is 0 Å². The van der Waals surface area contributed by atoms with Crippen LogP contribution in [0.2, 0.25) is 0 Å². The summed E-state index contributed by atoms with van der Waals surface area (Å²) in [5.41, 5.74) is 0. The fourth-order valence-electron chi connectivity index (χ4n) is 0. The van der Waals surface area contributed by atoms with Crippen LogP contribution in [0.25, 0.3) is 0 Å². The number of halogens is 9. The zero-order valence-corrected chi connectivity index (χ0v) is 11.0. The molecule has 13 heteroatoms. The van der Waals surface area contributed by atoms with Gasteiger partial charge in [0.25, 0.3) is 18.5 Å². The standard InChI is InChI=1S/3C2F3O.Y/c3*3-2(4,5)1-6;/q3*-1;+3. The van der Waals surface area contributed by atoms with Gasteiger partial charge in [0.2, 0.25) is 0 Å². The molecule has 0 unspecified atom stereocenters. The Morgan fingerprint density at radius 3 is 0.526 bits per heavy atom. The molecule has 0 spiro atoms. The first-order chi connectivity index (χ1) is 7.68. The van der Waals surface area contributed by atoms with Gasteiger partial charge in [-0.1, -0.05) is 0 Å². The van der Waals surface area contributed by atoms with E-state index in [2.05, 4.69) is 0 Å². The molecule has 0 heterocycles. The van der Waals surface area contributed by atoms with Crippen molar-refractivity contribution >= 4 is 18.9 Å². The van der Waals surface area contributed by atoms with Gasteiger partial charge in [-0.05, 0) is 0 Å². The third-order valence-electron chi connectivity index (χ3n) is 0.347. The van der Waals surface area contributed by atoms with Gasteiger partial charge in [-0.15, -0.1) is 0 Å². The van der Waals surface area contributed by atoms with Gasteiger partial charge in [-0.3, -0.25) is 0 Å². The molecule has 0 aliphatic heterocycles. The molecule has 0 rings (SSSR count). The average Bonchev–Trinajstić information content (AvgIpc) is 2.16. The van der Waals surface area contributed by atoms with E-state index in [-0.39, 0.29) is 51.6 Å². The molecular weight excluding hydrogens is 380 g/mol. The second-order valence-electron chi connectivity index (χ2n) is 1.80. The predicted octanol–water partition coefficient (Wildman–Crippen LogP) is 1.97. The first-order valence-electron chi connectivity index (χ1n) is 3.06. The van der Waals surface area contributed by atoms with Crippen molar-refractivity contribution in [3.05, 3.63) is 0 Å². The summed E-state index contributed by atoms with van der Waals surface area (Å²) in [5, 5.41) is 0. The number of rotatable bonds is 0. The van der Waals surface area contributed by atoms with Crippen molar-refractivity contribution in [1.29, 1.82) is 0 Å². The Morgan fingerprint density at radius 2 is 0.526 bits per heavy atom. The average molecular weight is 380 g/mol. The maximum atomic E-state index is 10.4. The summed E-state index contributed by atoms with van der Waals surface area (Å²) in [4.78, 5) is 25.7. The van der Waals surface area contributed by atoms with Gasteiger partial charge < -0.3 is 14.4 Å². The van der Waals surface area contributed by atoms with E-state index >= 15 is 0 Å². The third-order valence-corrected chi connectivity index (χ3v) is 0.347. The molecule has 0 saturated carbocycles. The molecule has 0 saturated heterocycles. The van der Waals surface area contributed by atoms with Gasteiger partial charge in [-0.25, -0.2) is 39.5 Å². The molecule has 0 bridgehead atoms. The normalized spacial score (nSPS) is 10.6. The fourth-order valence-corrected chi connectivity index (χ4v) is 0. The van der Waals surface area contributed by atoms with E-state index in [0.29, 0.717) is 0 Å². The SMILES string of the molecule is O=[C-]C(F)(F)F.O=[C-]C(F)(F)F.O=[C-]C(F)(F)F.[Y+3]. The number of hydrogen-bond acceptors (Lipinski definition) is 3. The molecule has 108 valence electrons. The van der Waals surface area contributed by atoms with Crippen molar-refractivity contribution in [3.63, 3.8) is 0 Å². The second-order valence-corrected chi connectivity index (χ2v) is 1.80. The maximum absolute atomic E-state index is 10.4. The van der Waals surface area contributed by atoms with E-state index in [9.17, 15) is 39.5 Å². The second kappa shape index (κ2) is 11.3. The van der Waals surface area contributed by atoms with Gasteiger partial charge >= 0.3 is 32.7 Å². The molecule has 0 N–H and O–H groups in total. The van der Waals surface area contributed by atoms with E-state index in [0.717, 1.165) is 0 Å². The summed E-state index contributed by atoms with van der Waals surface area (Å²) in [6.45, 7) is 0. The largest absolute Gasteiger partial charge is 3.00 e. The van der Waals surface area contributed by atoms with E-state index in [4.69, 9.17) is 14.4 Å². The van der Waals surface area contributed by atoms with Crippen LogP contribution in [0.15, 0.2) is 0 Å². The first-order valence-corrected chi connectivity index (χ1v) is 3.06. The van der Waals surface area contributed by atoms with E-state index in [1.54, 1.807) is 0 Å². The minimum absolute atomic E-state index is 0. The van der Waals surface area contributed by atoms with Crippen LogP contribution in [0, 0.1) is 0 Å². The van der Waals surface area contributed by atoms with Crippen LogP contribution in [-0.2, 0) is 47.1 Å². The zero-order chi connectivity index (χ0) is 15.6. The van der Waals surface area contributed by atoms with Crippen LogP contribution in [0.4, 0.5) is 39.5 Å². The van der Waals surface area contributed by atoms with Gasteiger partial charge in [0.15, 0.2) is 0 Å². The fraction of sp³-hybridized carbons (Fsp3) is 0.500. The summed E-state index contributed by atoms with van der Waals surface area (Å²) in [6.07, 6.45) is -14.7. The number of alkyl halides is 9. The summed E-state index contributed by atoms with van der Waals surface area (Å²) < 4.78 is 93.3. The Morgan fingerprint density at radius 1 is 0.474 bits per heavy atom. The van der Waals surface area contributed by atoms with Gasteiger partial charge in [0, 0.05) is 0 Å². The topological polar surface area (TPSA) is 51.2 Å². The molecule has 0 aromatic carbocycles. The minimum Gasteiger partial charge on any atom is -0.533 e. The first kappa shape index (κ1) is 26.9. The molecular formula is C6F9O3Y. The molecule has 0 amide bonds. The Bertz CT molecular complexity index is 211. The Labute approximate surface area is 124 Å². The van der Waals surface area contributed by atoms with Crippen LogP contribution in [0.5, 0.6) is 0 Å². The third kappa shape index (κ3) is 58.2. The van der Waals surface area contributed by atoms with Gasteiger partial charge in [-0.2, -0.15) is 18.9 Å². The maximum Gasteiger partial charge on any atom is 3.00 e. The molecule has 19 heavy (non-hydrogen) atoms. The Balaban J connectivity index is -0.0000000865. The van der Waals surface area contributed by atoms with Crippen LogP contribution >= 0.6 is 0 Å². The smallest absolute Gasteiger partial charge is 0.533 e. The zero-order valence-electron chi connectivity index (χ0n) is 8.20. The molecule has 0 radical (unpaired) electrons. The van der Waals surface area contributed by atoms with Crippen molar-refractivity contribution in [3.8, 4) is 0 Å². The Hall–Kier alpha value is -0.516. The quantitative estimate of drug-likeness (QED) is 0.477. The molecule has 3 nitrogen and oxygen atoms in total. The Kier molecular flexibility index (Phi) is 16.1. The number of hydrogen-bond donors (Lipinski definition) is 0. The van der Waals surface area contributed by atoms with Crippen LogP contribution in [0.1, 0.15) is 0 Å². The molecule has 0 fully saturated rings. The van der Waals surface area contributed by atoms with Crippen LogP contribution in [-0.4, -0.2) is 37.4 Å². The van der Waals surface area contributed by atoms with Crippen LogP contribution < -0.4 is 0 Å². The molecule has 0 aromatic rings. The van der Waals surface area contributed by atoms with Gasteiger partial charge in [0.1, 0.15) is 0 Å². The predicted molar refractivity (Wildman–Crippen MR) is 35.2 cm³/mol. The van der Waals surface area contributed by atoms with E-state index < -0.39 is 18.5 Å². The van der Waals surface area contributed by atoms with E-state index in [1.807, 2.05) is 0 Å². The monoisotopic (exact) mass is 380 g/mol. The molecule has 0 atom stereocenters. The van der Waals surface area contributed by atoms with Crippen molar-refractivity contribution in [2.45, 2.75) is 18.5 Å². The van der Waals surface area contributed by atoms with Crippen molar-refractivity contribution in [2.75, 3.05) is 0 Å². The summed E-state index contributed by atoms with van der Waals surface area (Å²) in [5.74, 6) is 0. The van der Waals surface area contributed by atoms with Crippen molar-refractivity contribution < 1.29 is 86.6 Å².